The average molecular weight is 332 g/mol. The van der Waals surface area contributed by atoms with Crippen LogP contribution in [0.3, 0.4) is 0 Å². The van der Waals surface area contributed by atoms with Crippen LogP contribution >= 0.6 is 0 Å². The zero-order valence-electron chi connectivity index (χ0n) is 15.3. The van der Waals surface area contributed by atoms with E-state index in [9.17, 15) is 0 Å². The van der Waals surface area contributed by atoms with Crippen LogP contribution in [0.4, 0.5) is 0 Å². The van der Waals surface area contributed by atoms with Gasteiger partial charge in [0.05, 0.1) is 25.4 Å². The maximum Gasteiger partial charge on any atom is 0.174 e. The van der Waals surface area contributed by atoms with Crippen molar-refractivity contribution in [2.45, 2.75) is 83.2 Å². The summed E-state index contributed by atoms with van der Waals surface area (Å²) >= 11 is 0. The van der Waals surface area contributed by atoms with Gasteiger partial charge in [-0.25, -0.2) is 0 Å². The van der Waals surface area contributed by atoms with E-state index < -0.39 is 0 Å². The molecule has 0 aromatic carbocycles. The molecule has 0 amide bonds. The Kier molecular flexibility index (Phi) is 2.86. The SMILES string of the molecule is C[C@]12C[C@@H]3O[C@@H]3C[C@@H]1CC[C@@H]1[C@@H]2CC[C@@]2(C)[C@H]1CCC21OCCO1. The molecule has 8 atom stereocenters. The second-order valence-corrected chi connectivity index (χ2v) is 10.3. The summed E-state index contributed by atoms with van der Waals surface area (Å²) in [5, 5.41) is 0. The van der Waals surface area contributed by atoms with Crippen molar-refractivity contribution >= 4 is 0 Å². The lowest BCUT2D eigenvalue weighted by atomic mass is 9.45. The van der Waals surface area contributed by atoms with E-state index in [-0.39, 0.29) is 11.2 Å². The first-order valence-corrected chi connectivity index (χ1v) is 10.5. The summed E-state index contributed by atoms with van der Waals surface area (Å²) in [6, 6.07) is 0. The Bertz CT molecular complexity index is 553. The third-order valence-electron chi connectivity index (χ3n) is 9.71. The van der Waals surface area contributed by atoms with Gasteiger partial charge in [0.1, 0.15) is 0 Å². The van der Waals surface area contributed by atoms with Crippen LogP contribution in [-0.2, 0) is 14.2 Å². The minimum atomic E-state index is -0.238. The van der Waals surface area contributed by atoms with Crippen LogP contribution in [-0.4, -0.2) is 31.2 Å². The summed E-state index contributed by atoms with van der Waals surface area (Å²) < 4.78 is 18.5. The molecule has 4 saturated carbocycles. The molecule has 0 bridgehead atoms. The van der Waals surface area contributed by atoms with Crippen LogP contribution in [0.25, 0.3) is 0 Å². The first kappa shape index (κ1) is 15.0. The Hall–Kier alpha value is -0.120. The number of rotatable bonds is 0. The third kappa shape index (κ3) is 1.66. The predicted molar refractivity (Wildman–Crippen MR) is 90.4 cm³/mol. The molecule has 3 heteroatoms. The van der Waals surface area contributed by atoms with E-state index in [0.29, 0.717) is 17.6 Å². The molecule has 1 spiro atoms. The highest BCUT2D eigenvalue weighted by molar-refractivity contribution is 5.14. The van der Waals surface area contributed by atoms with E-state index in [0.717, 1.165) is 43.3 Å². The molecule has 134 valence electrons. The van der Waals surface area contributed by atoms with Crippen LogP contribution < -0.4 is 0 Å². The topological polar surface area (TPSA) is 31.0 Å². The van der Waals surface area contributed by atoms with Crippen LogP contribution in [0.1, 0.15) is 65.2 Å². The molecular formula is C21H32O3. The molecule has 6 rings (SSSR count). The van der Waals surface area contributed by atoms with E-state index >= 15 is 0 Å². The van der Waals surface area contributed by atoms with Gasteiger partial charge in [-0.05, 0) is 74.0 Å². The van der Waals surface area contributed by atoms with Crippen molar-refractivity contribution in [3.63, 3.8) is 0 Å². The van der Waals surface area contributed by atoms with Gasteiger partial charge >= 0.3 is 0 Å². The molecule has 0 unspecified atom stereocenters. The Labute approximate surface area is 145 Å². The molecule has 0 radical (unpaired) electrons. The summed E-state index contributed by atoms with van der Waals surface area (Å²) in [5.41, 5.74) is 0.788. The van der Waals surface area contributed by atoms with Crippen LogP contribution in [0.5, 0.6) is 0 Å². The summed E-state index contributed by atoms with van der Waals surface area (Å²) in [7, 11) is 0. The molecule has 0 aromatic heterocycles. The van der Waals surface area contributed by atoms with Crippen molar-refractivity contribution in [2.24, 2.45) is 34.5 Å². The molecule has 2 aliphatic heterocycles. The van der Waals surface area contributed by atoms with Crippen LogP contribution in [0, 0.1) is 34.5 Å². The van der Waals surface area contributed by atoms with Gasteiger partial charge in [0.25, 0.3) is 0 Å². The standard InChI is InChI=1S/C21H32O3/c1-19-12-18-17(24-18)11-13(19)3-4-14-15(19)5-7-20(2)16(14)6-8-21(20)22-9-10-23-21/h13-18H,3-12H2,1-2H3/t13-,14+,15-,16-,17+,18-,19-,20-/m0/s1. The highest BCUT2D eigenvalue weighted by atomic mass is 16.7. The van der Waals surface area contributed by atoms with E-state index in [4.69, 9.17) is 14.2 Å². The maximum absolute atomic E-state index is 6.27. The number of fused-ring (bicyclic) bond motifs is 7. The van der Waals surface area contributed by atoms with Gasteiger partial charge in [0, 0.05) is 11.8 Å². The molecule has 0 aromatic rings. The van der Waals surface area contributed by atoms with Crippen LogP contribution in [0.2, 0.25) is 0 Å². The fraction of sp³-hybridized carbons (Fsp3) is 1.00. The third-order valence-corrected chi connectivity index (χ3v) is 9.71. The van der Waals surface area contributed by atoms with Crippen LogP contribution in [0.15, 0.2) is 0 Å². The lowest BCUT2D eigenvalue weighted by Crippen LogP contribution is -2.57. The van der Waals surface area contributed by atoms with E-state index in [1.54, 1.807) is 0 Å². The van der Waals surface area contributed by atoms with Gasteiger partial charge < -0.3 is 14.2 Å². The fourth-order valence-electron chi connectivity index (χ4n) is 8.41. The van der Waals surface area contributed by atoms with E-state index in [1.165, 1.54) is 44.9 Å². The Morgan fingerprint density at radius 3 is 2.46 bits per heavy atom. The molecule has 4 aliphatic carbocycles. The minimum Gasteiger partial charge on any atom is -0.370 e. The smallest absolute Gasteiger partial charge is 0.174 e. The van der Waals surface area contributed by atoms with Gasteiger partial charge in [-0.2, -0.15) is 0 Å². The highest BCUT2D eigenvalue weighted by Gasteiger charge is 2.68. The van der Waals surface area contributed by atoms with E-state index in [2.05, 4.69) is 13.8 Å². The van der Waals surface area contributed by atoms with Crippen molar-refractivity contribution in [1.82, 2.24) is 0 Å². The quantitative estimate of drug-likeness (QED) is 0.624. The first-order chi connectivity index (χ1) is 11.6. The number of hydrogen-bond acceptors (Lipinski definition) is 3. The number of hydrogen-bond donors (Lipinski definition) is 0. The molecule has 2 heterocycles. The van der Waals surface area contributed by atoms with Crippen molar-refractivity contribution in [3.8, 4) is 0 Å². The summed E-state index contributed by atoms with van der Waals surface area (Å²) in [4.78, 5) is 0. The lowest BCUT2D eigenvalue weighted by molar-refractivity contribution is -0.246. The molecule has 6 fully saturated rings. The normalized spacial score (nSPS) is 60.2. The minimum absolute atomic E-state index is 0.238. The second kappa shape index (κ2) is 4.58. The summed E-state index contributed by atoms with van der Waals surface area (Å²) in [6.45, 7) is 6.73. The Morgan fingerprint density at radius 1 is 0.833 bits per heavy atom. The summed E-state index contributed by atoms with van der Waals surface area (Å²) in [6.07, 6.45) is 11.9. The zero-order valence-corrected chi connectivity index (χ0v) is 15.3. The Balaban J connectivity index is 1.34. The van der Waals surface area contributed by atoms with Crippen molar-refractivity contribution in [1.29, 1.82) is 0 Å². The lowest BCUT2D eigenvalue weighted by Gasteiger charge is -2.60. The van der Waals surface area contributed by atoms with Gasteiger partial charge in [0.15, 0.2) is 5.79 Å². The predicted octanol–water partition coefficient (Wildman–Crippen LogP) is 4.15. The van der Waals surface area contributed by atoms with E-state index in [1.807, 2.05) is 0 Å². The fourth-order valence-corrected chi connectivity index (χ4v) is 8.41. The Morgan fingerprint density at radius 2 is 1.62 bits per heavy atom. The first-order valence-electron chi connectivity index (χ1n) is 10.5. The molecule has 3 nitrogen and oxygen atoms in total. The molecule has 24 heavy (non-hydrogen) atoms. The summed E-state index contributed by atoms with van der Waals surface area (Å²) in [5.74, 6) is 3.30. The second-order valence-electron chi connectivity index (χ2n) is 10.3. The monoisotopic (exact) mass is 332 g/mol. The molecule has 6 aliphatic rings. The van der Waals surface area contributed by atoms with Gasteiger partial charge in [-0.3, -0.25) is 0 Å². The number of epoxide rings is 1. The molecule has 2 saturated heterocycles. The van der Waals surface area contributed by atoms with Crippen molar-refractivity contribution in [2.75, 3.05) is 13.2 Å². The van der Waals surface area contributed by atoms with Gasteiger partial charge in [0.2, 0.25) is 0 Å². The van der Waals surface area contributed by atoms with Crippen molar-refractivity contribution in [3.05, 3.63) is 0 Å². The molecular weight excluding hydrogens is 300 g/mol. The highest BCUT2D eigenvalue weighted by Crippen LogP contribution is 2.70. The van der Waals surface area contributed by atoms with Crippen molar-refractivity contribution < 1.29 is 14.2 Å². The number of ether oxygens (including phenoxy) is 3. The van der Waals surface area contributed by atoms with Gasteiger partial charge in [-0.1, -0.05) is 13.8 Å². The maximum atomic E-state index is 6.27. The largest absolute Gasteiger partial charge is 0.370 e. The zero-order chi connectivity index (χ0) is 16.2. The van der Waals surface area contributed by atoms with Gasteiger partial charge in [-0.15, -0.1) is 0 Å². The average Bonchev–Trinajstić information content (AvgIpc) is 3.01. The molecule has 0 N–H and O–H groups in total.